The van der Waals surface area contributed by atoms with Crippen molar-refractivity contribution in [1.29, 1.82) is 0 Å². The second-order valence-corrected chi connectivity index (χ2v) is 10.9. The summed E-state index contributed by atoms with van der Waals surface area (Å²) in [7, 11) is 0. The van der Waals surface area contributed by atoms with Gasteiger partial charge in [0.05, 0.1) is 21.7 Å². The number of imide groups is 1. The number of ketones is 1. The summed E-state index contributed by atoms with van der Waals surface area (Å²) < 4.78 is 0. The molecular weight excluding hydrogens is 620 g/mol. The summed E-state index contributed by atoms with van der Waals surface area (Å²) in [5.74, 6) is -4.63. The first-order chi connectivity index (χ1) is 17.5. The van der Waals surface area contributed by atoms with Gasteiger partial charge in [0.2, 0.25) is 0 Å². The molecule has 2 aromatic carbocycles. The number of non-ortho nitro benzene ring substituents is 1. The molecule has 2 fully saturated rings. The zero-order valence-electron chi connectivity index (χ0n) is 18.9. The summed E-state index contributed by atoms with van der Waals surface area (Å²) in [6, 6.07) is 9.59. The van der Waals surface area contributed by atoms with Crippen LogP contribution in [0.15, 0.2) is 48.5 Å². The van der Waals surface area contributed by atoms with Crippen LogP contribution in [0.25, 0.3) is 0 Å². The van der Waals surface area contributed by atoms with Gasteiger partial charge in [-0.2, -0.15) is 5.01 Å². The Morgan fingerprint density at radius 2 is 1.43 bits per heavy atom. The van der Waals surface area contributed by atoms with Crippen LogP contribution >= 0.6 is 31.9 Å². The molecule has 2 aliphatic rings. The van der Waals surface area contributed by atoms with E-state index in [1.807, 2.05) is 0 Å². The first kappa shape index (κ1) is 26.5. The molecule has 0 unspecified atom stereocenters. The van der Waals surface area contributed by atoms with E-state index in [1.165, 1.54) is 30.3 Å². The average Bonchev–Trinajstić information content (AvgIpc) is 3.11. The lowest BCUT2D eigenvalue weighted by Gasteiger charge is -2.30. The number of fused-ring (bicyclic) bond motifs is 1. The van der Waals surface area contributed by atoms with Crippen LogP contribution in [0.2, 0.25) is 0 Å². The number of amides is 3. The Kier molecular flexibility index (Phi) is 7.50. The number of rotatable bonds is 7. The van der Waals surface area contributed by atoms with Crippen LogP contribution in [0.1, 0.15) is 33.6 Å². The number of benzene rings is 2. The number of Topliss-reactive ketones (excluding diaryl/α,β-unsaturated/α-hetero) is 1. The Hall–Kier alpha value is -3.52. The molecule has 12 nitrogen and oxygen atoms in total. The maximum atomic E-state index is 13.6. The Balaban J connectivity index is 1.73. The molecule has 37 heavy (non-hydrogen) atoms. The minimum atomic E-state index is -1.08. The van der Waals surface area contributed by atoms with Crippen molar-refractivity contribution in [3.63, 3.8) is 0 Å². The molecule has 1 saturated carbocycles. The normalized spacial score (nSPS) is 22.9. The van der Waals surface area contributed by atoms with E-state index in [9.17, 15) is 39.4 Å². The summed E-state index contributed by atoms with van der Waals surface area (Å²) in [5.41, 5.74) is -1.23. The molecule has 1 heterocycles. The minimum Gasteiger partial charge on any atom is -0.292 e. The maximum Gasteiger partial charge on any atom is 0.282 e. The van der Waals surface area contributed by atoms with Gasteiger partial charge in [-0.05, 0) is 31.0 Å². The number of nitrogens with zero attached hydrogens (tertiary/aromatic N) is 4. The van der Waals surface area contributed by atoms with Crippen molar-refractivity contribution in [3.05, 3.63) is 79.9 Å². The second kappa shape index (κ2) is 10.5. The molecule has 4 rings (SSSR count). The first-order valence-corrected chi connectivity index (χ1v) is 12.8. The van der Waals surface area contributed by atoms with Gasteiger partial charge in [0.25, 0.3) is 29.1 Å². The molecule has 4 atom stereocenters. The number of nitro benzene ring substituents is 2. The molecule has 0 spiro atoms. The molecule has 14 heteroatoms. The summed E-state index contributed by atoms with van der Waals surface area (Å²) in [6.45, 7) is -0.797. The zero-order valence-corrected chi connectivity index (χ0v) is 22.0. The van der Waals surface area contributed by atoms with Crippen molar-refractivity contribution in [1.82, 2.24) is 10.0 Å². The molecule has 192 valence electrons. The molecule has 1 aliphatic carbocycles. The summed E-state index contributed by atoms with van der Waals surface area (Å²) >= 11 is 6.97. The van der Waals surface area contributed by atoms with Gasteiger partial charge in [-0.25, -0.2) is 5.01 Å². The number of hydrogen-bond acceptors (Lipinski definition) is 8. The first-order valence-electron chi connectivity index (χ1n) is 11.0. The van der Waals surface area contributed by atoms with Crippen LogP contribution in [0.3, 0.4) is 0 Å². The van der Waals surface area contributed by atoms with Crippen molar-refractivity contribution in [3.8, 4) is 0 Å². The van der Waals surface area contributed by atoms with Gasteiger partial charge in [0.1, 0.15) is 12.1 Å². The molecule has 0 bridgehead atoms. The Labute approximate surface area is 226 Å². The third kappa shape index (κ3) is 5.03. The highest BCUT2D eigenvalue weighted by molar-refractivity contribution is 9.12. The fourth-order valence-corrected chi connectivity index (χ4v) is 5.74. The molecule has 2 aromatic rings. The second-order valence-electron chi connectivity index (χ2n) is 8.57. The highest BCUT2D eigenvalue weighted by Crippen LogP contribution is 2.44. The predicted octanol–water partition coefficient (Wildman–Crippen LogP) is 3.67. The lowest BCUT2D eigenvalue weighted by Crippen LogP contribution is -2.52. The van der Waals surface area contributed by atoms with Gasteiger partial charge in [-0.1, -0.05) is 44.0 Å². The van der Waals surface area contributed by atoms with Crippen molar-refractivity contribution < 1.29 is 29.0 Å². The highest BCUT2D eigenvalue weighted by atomic mass is 79.9. The molecule has 1 aliphatic heterocycles. The fraction of sp³-hybridized carbons (Fsp3) is 0.304. The average molecular weight is 638 g/mol. The smallest absolute Gasteiger partial charge is 0.282 e. The van der Waals surface area contributed by atoms with Crippen molar-refractivity contribution in [2.24, 2.45) is 11.8 Å². The van der Waals surface area contributed by atoms with Crippen LogP contribution in [-0.2, 0) is 9.59 Å². The number of carbonyl (C=O) groups excluding carboxylic acids is 4. The number of nitro groups is 2. The van der Waals surface area contributed by atoms with Crippen molar-refractivity contribution in [2.45, 2.75) is 22.5 Å². The number of alkyl halides is 2. The van der Waals surface area contributed by atoms with E-state index >= 15 is 0 Å². The van der Waals surface area contributed by atoms with Gasteiger partial charge in [-0.15, -0.1) is 0 Å². The standard InChI is InChI=1S/C23H18Br2N4O8/c24-17-9-15-16(10-18(17)25)23(33)27(22(15)32)26(21(31)14-3-1-2-4-19(14)29(36)37)11-20(30)12-5-7-13(8-6-12)28(34)35/h1-8,15-18H,9-11H2/t15-,16+,17+,18-. The number of hydrogen-bond donors (Lipinski definition) is 0. The SMILES string of the molecule is O=C(CN(C(=O)c1ccccc1[N+](=O)[O-])N1C(=O)[C@H]2C[C@@H](Br)[C@@H](Br)C[C@H]2C1=O)c1ccc([N+](=O)[O-])cc1. The van der Waals surface area contributed by atoms with Crippen molar-refractivity contribution >= 4 is 66.7 Å². The molecule has 0 aromatic heterocycles. The molecule has 0 N–H and O–H groups in total. The lowest BCUT2D eigenvalue weighted by molar-refractivity contribution is -0.385. The van der Waals surface area contributed by atoms with E-state index in [-0.39, 0.29) is 20.9 Å². The largest absolute Gasteiger partial charge is 0.292 e. The topological polar surface area (TPSA) is 161 Å². The number of hydrazine groups is 1. The van der Waals surface area contributed by atoms with Gasteiger partial charge >= 0.3 is 0 Å². The quantitative estimate of drug-likeness (QED) is 0.146. The summed E-state index contributed by atoms with van der Waals surface area (Å²) in [6.07, 6.45) is 0.622. The van der Waals surface area contributed by atoms with Gasteiger partial charge < -0.3 is 0 Å². The van der Waals surface area contributed by atoms with E-state index in [4.69, 9.17) is 0 Å². The third-order valence-electron chi connectivity index (χ3n) is 6.39. The molecule has 1 saturated heterocycles. The minimum absolute atomic E-state index is 0.0106. The van der Waals surface area contributed by atoms with Crippen LogP contribution in [0.5, 0.6) is 0 Å². The van der Waals surface area contributed by atoms with E-state index in [0.29, 0.717) is 22.9 Å². The Morgan fingerprint density at radius 3 is 1.95 bits per heavy atom. The summed E-state index contributed by atoms with van der Waals surface area (Å²) in [5, 5.41) is 23.8. The van der Waals surface area contributed by atoms with Gasteiger partial charge in [0.15, 0.2) is 5.78 Å². The van der Waals surface area contributed by atoms with Crippen LogP contribution in [0.4, 0.5) is 11.4 Å². The number of carbonyl (C=O) groups is 4. The van der Waals surface area contributed by atoms with E-state index in [1.54, 1.807) is 0 Å². The van der Waals surface area contributed by atoms with E-state index < -0.39 is 63.0 Å². The maximum absolute atomic E-state index is 13.6. The summed E-state index contributed by atoms with van der Waals surface area (Å²) in [4.78, 5) is 74.4. The number of para-hydroxylation sites is 1. The van der Waals surface area contributed by atoms with E-state index in [0.717, 1.165) is 18.2 Å². The highest BCUT2D eigenvalue weighted by Gasteiger charge is 2.55. The van der Waals surface area contributed by atoms with E-state index in [2.05, 4.69) is 31.9 Å². The number of halogens is 2. The van der Waals surface area contributed by atoms with Gasteiger partial charge in [0, 0.05) is 33.4 Å². The van der Waals surface area contributed by atoms with Crippen LogP contribution in [0, 0.1) is 32.1 Å². The van der Waals surface area contributed by atoms with Crippen LogP contribution in [-0.4, -0.2) is 59.6 Å². The zero-order chi connectivity index (χ0) is 27.0. The molecule has 3 amide bonds. The molecular formula is C23H18Br2N4O8. The fourth-order valence-electron chi connectivity index (χ4n) is 4.50. The third-order valence-corrected chi connectivity index (χ3v) is 9.12. The van der Waals surface area contributed by atoms with Gasteiger partial charge in [-0.3, -0.25) is 39.4 Å². The predicted molar refractivity (Wildman–Crippen MR) is 135 cm³/mol. The molecule has 0 radical (unpaired) electrons. The lowest BCUT2D eigenvalue weighted by atomic mass is 9.81. The monoisotopic (exact) mass is 636 g/mol. The Morgan fingerprint density at radius 1 is 0.892 bits per heavy atom. The van der Waals surface area contributed by atoms with Crippen LogP contribution < -0.4 is 0 Å². The van der Waals surface area contributed by atoms with Crippen molar-refractivity contribution in [2.75, 3.05) is 6.54 Å². The Bertz CT molecular complexity index is 1290.